The topological polar surface area (TPSA) is 29.4 Å². The van der Waals surface area contributed by atoms with Gasteiger partial charge in [-0.1, -0.05) is 0 Å². The number of rotatable bonds is 0. The van der Waals surface area contributed by atoms with E-state index in [-0.39, 0.29) is 17.1 Å². The summed E-state index contributed by atoms with van der Waals surface area (Å²) in [6.07, 6.45) is 1.19. The first-order valence-corrected chi connectivity index (χ1v) is 0.744. The fraction of sp³-hybridized carbons (Fsp3) is 0. The molecule has 3 heteroatoms. The van der Waals surface area contributed by atoms with Crippen LogP contribution in [0.4, 0.5) is 0 Å². The van der Waals surface area contributed by atoms with Crippen molar-refractivity contribution in [3.63, 3.8) is 0 Å². The third kappa shape index (κ3) is 19.9. The van der Waals surface area contributed by atoms with Crippen molar-refractivity contribution >= 4 is 6.08 Å². The molecule has 0 unspecified atom stereocenters. The van der Waals surface area contributed by atoms with E-state index in [2.05, 4.69) is 12.0 Å². The Morgan fingerprint density at radius 2 is 2.00 bits per heavy atom. The van der Waals surface area contributed by atoms with E-state index >= 15 is 0 Å². The zero-order chi connectivity index (χ0) is 3.41. The van der Waals surface area contributed by atoms with Crippen LogP contribution in [0, 0.1) is 7.05 Å². The molecular formula is C2H2FeNO-. The third-order valence-corrected chi connectivity index (χ3v) is 0.0645. The summed E-state index contributed by atoms with van der Waals surface area (Å²) in [4.78, 5) is 11.5. The Morgan fingerprint density at radius 3 is 2.00 bits per heavy atom. The van der Waals surface area contributed by atoms with Crippen LogP contribution in [0.3, 0.4) is 0 Å². The molecule has 0 aromatic heterocycles. The van der Waals surface area contributed by atoms with Gasteiger partial charge in [0.25, 0.3) is 0 Å². The fourth-order valence-corrected chi connectivity index (χ4v) is 0. The Morgan fingerprint density at radius 1 is 1.80 bits per heavy atom. The molecule has 0 N–H and O–H groups in total. The van der Waals surface area contributed by atoms with Gasteiger partial charge in [-0.25, -0.2) is 0 Å². The maximum atomic E-state index is 8.82. The molecule has 0 bridgehead atoms. The van der Waals surface area contributed by atoms with Gasteiger partial charge in [-0.15, -0.1) is 0 Å². The molecular weight excluding hydrogens is 110 g/mol. The van der Waals surface area contributed by atoms with Gasteiger partial charge < -0.3 is 9.79 Å². The van der Waals surface area contributed by atoms with E-state index in [0.29, 0.717) is 0 Å². The average Bonchev–Trinajstić information content (AvgIpc) is 1.37. The first-order chi connectivity index (χ1) is 1.91. The largest absolute Gasteiger partial charge is 0.389 e. The summed E-state index contributed by atoms with van der Waals surface area (Å²) >= 11 is 0. The Bertz CT molecular complexity index is 47.6. The second-order valence-electron chi connectivity index (χ2n) is 0.249. The first-order valence-electron chi connectivity index (χ1n) is 0.744. The van der Waals surface area contributed by atoms with Crippen molar-refractivity contribution < 1.29 is 21.9 Å². The minimum Gasteiger partial charge on any atom is -0.389 e. The van der Waals surface area contributed by atoms with Crippen molar-refractivity contribution in [2.24, 2.45) is 4.99 Å². The second kappa shape index (κ2) is 9.23. The number of isocyanates is 1. The summed E-state index contributed by atoms with van der Waals surface area (Å²) in [7, 11) is 2.81. The number of hydrogen-bond acceptors (Lipinski definition) is 2. The van der Waals surface area contributed by atoms with Gasteiger partial charge in [-0.2, -0.15) is 7.05 Å². The average molecular weight is 112 g/mol. The standard InChI is InChI=1S/C2H2NO.Fe/c1-3-2-4;/h1H2;/q-1;. The molecule has 5 heavy (non-hydrogen) atoms. The van der Waals surface area contributed by atoms with Gasteiger partial charge in [0.1, 0.15) is 0 Å². The molecule has 0 aliphatic heterocycles. The van der Waals surface area contributed by atoms with Crippen LogP contribution in [0.2, 0.25) is 0 Å². The molecule has 0 fully saturated rings. The molecule has 0 aromatic rings. The van der Waals surface area contributed by atoms with E-state index in [4.69, 9.17) is 4.79 Å². The molecule has 0 saturated carbocycles. The van der Waals surface area contributed by atoms with Crippen molar-refractivity contribution in [3.8, 4) is 0 Å². The molecule has 0 saturated heterocycles. The van der Waals surface area contributed by atoms with Crippen LogP contribution in [0.1, 0.15) is 0 Å². The zero-order valence-electron chi connectivity index (χ0n) is 2.42. The number of hydrogen-bond donors (Lipinski definition) is 0. The van der Waals surface area contributed by atoms with Crippen LogP contribution >= 0.6 is 0 Å². The normalized spacial score (nSPS) is 3.20. The van der Waals surface area contributed by atoms with Crippen molar-refractivity contribution in [2.75, 3.05) is 0 Å². The van der Waals surface area contributed by atoms with Crippen LogP contribution in [0.5, 0.6) is 0 Å². The summed E-state index contributed by atoms with van der Waals surface area (Å²) in [5, 5.41) is 0. The first kappa shape index (κ1) is 8.84. The number of aliphatic imine (C=N–C) groups is 1. The van der Waals surface area contributed by atoms with Crippen LogP contribution in [0.15, 0.2) is 4.99 Å². The minimum atomic E-state index is 0. The smallest absolute Gasteiger partial charge is 0 e. The van der Waals surface area contributed by atoms with Gasteiger partial charge in [-0.3, -0.25) is 0 Å². The maximum Gasteiger partial charge on any atom is 0 e. The quantitative estimate of drug-likeness (QED) is 0.189. The Balaban J connectivity index is 0. The molecule has 0 aliphatic rings. The van der Waals surface area contributed by atoms with Gasteiger partial charge >= 0.3 is 0 Å². The summed E-state index contributed by atoms with van der Waals surface area (Å²) in [6, 6.07) is 0. The molecule has 0 aromatic carbocycles. The zero-order valence-corrected chi connectivity index (χ0v) is 3.52. The van der Waals surface area contributed by atoms with Crippen LogP contribution in [-0.2, 0) is 21.9 Å². The summed E-state index contributed by atoms with van der Waals surface area (Å²) in [5.41, 5.74) is 0. The summed E-state index contributed by atoms with van der Waals surface area (Å²) in [6.45, 7) is 0. The van der Waals surface area contributed by atoms with E-state index in [1.807, 2.05) is 0 Å². The van der Waals surface area contributed by atoms with Gasteiger partial charge in [0.05, 0.1) is 0 Å². The van der Waals surface area contributed by atoms with E-state index in [1.165, 1.54) is 6.08 Å². The Kier molecular flexibility index (Phi) is 16.3. The van der Waals surface area contributed by atoms with Crippen molar-refractivity contribution in [3.05, 3.63) is 7.05 Å². The summed E-state index contributed by atoms with van der Waals surface area (Å²) in [5.74, 6) is 0. The molecule has 0 spiro atoms. The minimum absolute atomic E-state index is 0. The predicted molar refractivity (Wildman–Crippen MR) is 13.5 cm³/mol. The Labute approximate surface area is 40.8 Å². The number of nitrogens with zero attached hydrogens (tertiary/aromatic N) is 1. The monoisotopic (exact) mass is 112 g/mol. The van der Waals surface area contributed by atoms with E-state index in [0.717, 1.165) is 0 Å². The molecule has 0 rings (SSSR count). The van der Waals surface area contributed by atoms with Crippen molar-refractivity contribution in [1.82, 2.24) is 0 Å². The SMILES string of the molecule is [CH2-]N=C=O.[Fe]. The summed E-state index contributed by atoms with van der Waals surface area (Å²) < 4.78 is 0. The molecule has 0 radical (unpaired) electrons. The predicted octanol–water partition coefficient (Wildman–Crippen LogP) is 0.111. The van der Waals surface area contributed by atoms with Crippen molar-refractivity contribution in [1.29, 1.82) is 0 Å². The Hall–Kier alpha value is -0.231. The van der Waals surface area contributed by atoms with Crippen LogP contribution in [-0.4, -0.2) is 6.08 Å². The van der Waals surface area contributed by atoms with Gasteiger partial charge in [-0.05, 0) is 6.08 Å². The number of carbonyl (C=O) groups excluding carboxylic acids is 1. The molecule has 0 heterocycles. The van der Waals surface area contributed by atoms with Crippen LogP contribution < -0.4 is 0 Å². The third-order valence-electron chi connectivity index (χ3n) is 0.0645. The molecule has 0 atom stereocenters. The van der Waals surface area contributed by atoms with E-state index in [9.17, 15) is 0 Å². The molecule has 0 aliphatic carbocycles. The van der Waals surface area contributed by atoms with Crippen molar-refractivity contribution in [2.45, 2.75) is 0 Å². The van der Waals surface area contributed by atoms with Crippen LogP contribution in [0.25, 0.3) is 0 Å². The molecule has 2 nitrogen and oxygen atoms in total. The molecule has 30 valence electrons. The fourth-order valence-electron chi connectivity index (χ4n) is 0. The van der Waals surface area contributed by atoms with E-state index in [1.54, 1.807) is 0 Å². The van der Waals surface area contributed by atoms with Gasteiger partial charge in [0.2, 0.25) is 0 Å². The maximum absolute atomic E-state index is 8.82. The van der Waals surface area contributed by atoms with Gasteiger partial charge in [0, 0.05) is 17.1 Å². The van der Waals surface area contributed by atoms with Gasteiger partial charge in [0.15, 0.2) is 0 Å². The second-order valence-corrected chi connectivity index (χ2v) is 0.249. The molecule has 0 amide bonds. The van der Waals surface area contributed by atoms with E-state index < -0.39 is 0 Å².